The van der Waals surface area contributed by atoms with Crippen LogP contribution in [0, 0.1) is 28.6 Å². The summed E-state index contributed by atoms with van der Waals surface area (Å²) in [5.41, 5.74) is -2.47. The Morgan fingerprint density at radius 1 is 1.00 bits per heavy atom. The van der Waals surface area contributed by atoms with Gasteiger partial charge < -0.3 is 9.84 Å². The van der Waals surface area contributed by atoms with Gasteiger partial charge >= 0.3 is 18.3 Å². The number of alkyl halides is 6. The highest BCUT2D eigenvalue weighted by Gasteiger charge is 2.56. The minimum atomic E-state index is -4.96. The summed E-state index contributed by atoms with van der Waals surface area (Å²) in [5, 5.41) is 9.66. The van der Waals surface area contributed by atoms with Crippen LogP contribution in [0.4, 0.5) is 26.3 Å². The van der Waals surface area contributed by atoms with E-state index < -0.39 is 60.1 Å². The first kappa shape index (κ1) is 26.0. The number of hydrogen-bond donors (Lipinski definition) is 1. The van der Waals surface area contributed by atoms with Crippen LogP contribution in [0.2, 0.25) is 0 Å². The van der Waals surface area contributed by atoms with Crippen molar-refractivity contribution in [3.8, 4) is 0 Å². The fourth-order valence-corrected chi connectivity index (χ4v) is 4.03. The Labute approximate surface area is 168 Å². The van der Waals surface area contributed by atoms with E-state index in [1.807, 2.05) is 20.8 Å². The fraction of sp³-hybridized carbons (Fsp3) is 0.950. The number of halogens is 6. The lowest BCUT2D eigenvalue weighted by Gasteiger charge is -2.44. The molecule has 1 rings (SSSR count). The summed E-state index contributed by atoms with van der Waals surface area (Å²) in [6.07, 6.45) is -14.0. The smallest absolute Gasteiger partial charge is 0.414 e. The zero-order chi connectivity index (χ0) is 23.0. The Bertz CT molecular complexity index is 562. The molecular formula is C20H32F6O3. The SMILES string of the molecule is CC(CC(C)(C)C)C(=O)OC1CC(C(O)C(F)(F)F)CC(C(C)(C)C(F)(F)F)C1. The summed E-state index contributed by atoms with van der Waals surface area (Å²) >= 11 is 0. The van der Waals surface area contributed by atoms with Gasteiger partial charge in [-0.2, -0.15) is 26.3 Å². The highest BCUT2D eigenvalue weighted by atomic mass is 19.4. The van der Waals surface area contributed by atoms with Crippen molar-refractivity contribution in [2.45, 2.75) is 91.8 Å². The van der Waals surface area contributed by atoms with Gasteiger partial charge in [0.2, 0.25) is 0 Å². The van der Waals surface area contributed by atoms with Crippen LogP contribution in [0.1, 0.15) is 67.2 Å². The number of aliphatic hydroxyl groups is 1. The van der Waals surface area contributed by atoms with Crippen molar-refractivity contribution in [1.29, 1.82) is 0 Å². The molecule has 0 heterocycles. The molecule has 1 saturated carbocycles. The van der Waals surface area contributed by atoms with Gasteiger partial charge in [-0.15, -0.1) is 0 Å². The maximum Gasteiger partial charge on any atom is 0.414 e. The van der Waals surface area contributed by atoms with E-state index in [2.05, 4.69) is 0 Å². The van der Waals surface area contributed by atoms with Crippen LogP contribution in [0.5, 0.6) is 0 Å². The van der Waals surface area contributed by atoms with Crippen LogP contribution >= 0.6 is 0 Å². The Hall–Kier alpha value is -0.990. The first-order valence-corrected chi connectivity index (χ1v) is 9.77. The third-order valence-corrected chi connectivity index (χ3v) is 5.84. The minimum Gasteiger partial charge on any atom is -0.462 e. The first-order chi connectivity index (χ1) is 12.8. The second-order valence-electron chi connectivity index (χ2n) is 10.1. The molecule has 5 atom stereocenters. The summed E-state index contributed by atoms with van der Waals surface area (Å²) in [6, 6.07) is 0. The van der Waals surface area contributed by atoms with E-state index in [4.69, 9.17) is 4.74 Å². The van der Waals surface area contributed by atoms with E-state index in [1.165, 1.54) is 0 Å². The second kappa shape index (κ2) is 8.63. The molecule has 1 aliphatic rings. The molecule has 9 heteroatoms. The predicted octanol–water partition coefficient (Wildman–Crippen LogP) is 5.90. The second-order valence-corrected chi connectivity index (χ2v) is 10.1. The van der Waals surface area contributed by atoms with Crippen molar-refractivity contribution in [3.63, 3.8) is 0 Å². The number of carbonyl (C=O) groups excluding carboxylic acids is 1. The number of esters is 1. The summed E-state index contributed by atoms with van der Waals surface area (Å²) in [4.78, 5) is 12.4. The normalized spacial score (nSPS) is 26.7. The third kappa shape index (κ3) is 7.03. The molecule has 0 bridgehead atoms. The molecule has 0 spiro atoms. The van der Waals surface area contributed by atoms with Gasteiger partial charge in [-0.3, -0.25) is 4.79 Å². The summed E-state index contributed by atoms with van der Waals surface area (Å²) in [6.45, 7) is 9.22. The van der Waals surface area contributed by atoms with Crippen LogP contribution in [-0.4, -0.2) is 35.6 Å². The molecule has 0 aromatic heterocycles. The van der Waals surface area contributed by atoms with Gasteiger partial charge in [-0.25, -0.2) is 0 Å². The third-order valence-electron chi connectivity index (χ3n) is 5.84. The summed E-state index contributed by atoms with van der Waals surface area (Å²) in [5.74, 6) is -3.87. The quantitative estimate of drug-likeness (QED) is 0.433. The molecule has 0 aliphatic heterocycles. The molecule has 0 amide bonds. The average Bonchev–Trinajstić information content (AvgIpc) is 2.50. The van der Waals surface area contributed by atoms with E-state index in [0.717, 1.165) is 13.8 Å². The van der Waals surface area contributed by atoms with E-state index >= 15 is 0 Å². The molecule has 1 N–H and O–H groups in total. The molecule has 0 saturated heterocycles. The van der Waals surface area contributed by atoms with Gasteiger partial charge in [-0.1, -0.05) is 41.5 Å². The number of ether oxygens (including phenoxy) is 1. The van der Waals surface area contributed by atoms with Gasteiger partial charge in [0.25, 0.3) is 0 Å². The highest BCUT2D eigenvalue weighted by molar-refractivity contribution is 5.72. The van der Waals surface area contributed by atoms with Crippen molar-refractivity contribution in [2.75, 3.05) is 0 Å². The monoisotopic (exact) mass is 434 g/mol. The first-order valence-electron chi connectivity index (χ1n) is 9.77. The topological polar surface area (TPSA) is 46.5 Å². The summed E-state index contributed by atoms with van der Waals surface area (Å²) in [7, 11) is 0. The van der Waals surface area contributed by atoms with Crippen LogP contribution in [-0.2, 0) is 9.53 Å². The molecule has 0 aromatic carbocycles. The Balaban J connectivity index is 3.06. The van der Waals surface area contributed by atoms with Crippen LogP contribution in [0.15, 0.2) is 0 Å². The highest BCUT2D eigenvalue weighted by Crippen LogP contribution is 2.51. The number of carbonyl (C=O) groups is 1. The van der Waals surface area contributed by atoms with Crippen LogP contribution < -0.4 is 0 Å². The van der Waals surface area contributed by atoms with E-state index in [-0.39, 0.29) is 18.3 Å². The number of rotatable bonds is 5. The van der Waals surface area contributed by atoms with Crippen molar-refractivity contribution in [1.82, 2.24) is 0 Å². The van der Waals surface area contributed by atoms with Gasteiger partial charge in [-0.05, 0) is 42.9 Å². The molecule has 172 valence electrons. The molecule has 1 aliphatic carbocycles. The zero-order valence-electron chi connectivity index (χ0n) is 17.7. The number of aliphatic hydroxyl groups excluding tert-OH is 1. The van der Waals surface area contributed by atoms with E-state index in [1.54, 1.807) is 6.92 Å². The lowest BCUT2D eigenvalue weighted by Crippen LogP contribution is -2.48. The molecule has 1 fully saturated rings. The van der Waals surface area contributed by atoms with Crippen molar-refractivity contribution < 1.29 is 41.0 Å². The number of hydrogen-bond acceptors (Lipinski definition) is 3. The van der Waals surface area contributed by atoms with E-state index in [9.17, 15) is 36.2 Å². The van der Waals surface area contributed by atoms with Crippen molar-refractivity contribution >= 4 is 5.97 Å². The van der Waals surface area contributed by atoms with Crippen LogP contribution in [0.3, 0.4) is 0 Å². The van der Waals surface area contributed by atoms with E-state index in [0.29, 0.717) is 6.42 Å². The standard InChI is InChI=1S/C20H32F6O3/c1-11(10-17(2,3)4)16(28)29-14-8-12(15(27)19(21,22)23)7-13(9-14)18(5,6)20(24,25)26/h11-15,27H,7-10H2,1-6H3. The van der Waals surface area contributed by atoms with Gasteiger partial charge in [0.1, 0.15) is 6.10 Å². The van der Waals surface area contributed by atoms with Crippen LogP contribution in [0.25, 0.3) is 0 Å². The molecular weight excluding hydrogens is 402 g/mol. The molecule has 0 radical (unpaired) electrons. The largest absolute Gasteiger partial charge is 0.462 e. The van der Waals surface area contributed by atoms with Crippen molar-refractivity contribution in [2.24, 2.45) is 28.6 Å². The molecule has 5 unspecified atom stereocenters. The maximum atomic E-state index is 13.5. The predicted molar refractivity (Wildman–Crippen MR) is 95.8 cm³/mol. The maximum absolute atomic E-state index is 13.5. The van der Waals surface area contributed by atoms with Gasteiger partial charge in [0, 0.05) is 0 Å². The van der Waals surface area contributed by atoms with Crippen molar-refractivity contribution in [3.05, 3.63) is 0 Å². The molecule has 29 heavy (non-hydrogen) atoms. The Morgan fingerprint density at radius 2 is 1.52 bits per heavy atom. The minimum absolute atomic E-state index is 0.193. The zero-order valence-corrected chi connectivity index (χ0v) is 17.7. The lowest BCUT2D eigenvalue weighted by molar-refractivity contribution is -0.252. The summed E-state index contributed by atoms with van der Waals surface area (Å²) < 4.78 is 84.9. The molecule has 0 aromatic rings. The Kier molecular flexibility index (Phi) is 7.75. The lowest BCUT2D eigenvalue weighted by atomic mass is 9.65. The Morgan fingerprint density at radius 3 is 1.93 bits per heavy atom. The average molecular weight is 434 g/mol. The van der Waals surface area contributed by atoms with Gasteiger partial charge in [0.05, 0.1) is 11.3 Å². The van der Waals surface area contributed by atoms with Gasteiger partial charge in [0.15, 0.2) is 6.10 Å². The molecule has 3 nitrogen and oxygen atoms in total. The fourth-order valence-electron chi connectivity index (χ4n) is 4.03.